The highest BCUT2D eigenvalue weighted by Gasteiger charge is 2.10. The van der Waals surface area contributed by atoms with Crippen molar-refractivity contribution in [1.29, 1.82) is 0 Å². The predicted octanol–water partition coefficient (Wildman–Crippen LogP) is 2.15. The third kappa shape index (κ3) is 3.56. The van der Waals surface area contributed by atoms with Crippen molar-refractivity contribution >= 4 is 0 Å². The molecule has 0 aliphatic rings. The number of hydrogen-bond acceptors (Lipinski definition) is 4. The summed E-state index contributed by atoms with van der Waals surface area (Å²) in [4.78, 5) is 24.0. The molecule has 29 heavy (non-hydrogen) atoms. The molecule has 8 nitrogen and oxygen atoms in total. The molecule has 0 unspecified atom stereocenters. The van der Waals surface area contributed by atoms with E-state index < -0.39 is 0 Å². The number of nitrogens with one attached hydrogen (secondary N) is 2. The van der Waals surface area contributed by atoms with E-state index in [-0.39, 0.29) is 11.4 Å². The molecule has 4 aromatic rings. The zero-order chi connectivity index (χ0) is 20.4. The van der Waals surface area contributed by atoms with Crippen LogP contribution in [-0.4, -0.2) is 29.5 Å². The summed E-state index contributed by atoms with van der Waals surface area (Å²) >= 11 is 0. The van der Waals surface area contributed by atoms with Crippen molar-refractivity contribution in [3.63, 3.8) is 0 Å². The fourth-order valence-electron chi connectivity index (χ4n) is 3.43. The van der Waals surface area contributed by atoms with Gasteiger partial charge >= 0.3 is 11.4 Å². The first kappa shape index (κ1) is 18.7. The van der Waals surface area contributed by atoms with Gasteiger partial charge in [0.1, 0.15) is 11.6 Å². The van der Waals surface area contributed by atoms with Crippen molar-refractivity contribution in [2.24, 2.45) is 0 Å². The van der Waals surface area contributed by atoms with Crippen LogP contribution in [0.25, 0.3) is 11.4 Å². The van der Waals surface area contributed by atoms with Crippen molar-refractivity contribution in [3.05, 3.63) is 92.3 Å². The van der Waals surface area contributed by atoms with E-state index in [9.17, 15) is 9.59 Å². The summed E-state index contributed by atoms with van der Waals surface area (Å²) in [7, 11) is 0. The molecule has 2 N–H and O–H groups in total. The lowest BCUT2D eigenvalue weighted by Gasteiger charge is -2.08. The third-order valence-corrected chi connectivity index (χ3v) is 4.91. The number of H-pyrrole nitrogens is 2. The van der Waals surface area contributed by atoms with Crippen LogP contribution in [0.4, 0.5) is 0 Å². The van der Waals surface area contributed by atoms with Gasteiger partial charge < -0.3 is 0 Å². The van der Waals surface area contributed by atoms with Gasteiger partial charge in [-0.3, -0.25) is 0 Å². The molecular weight excluding hydrogens is 368 g/mol. The molecule has 0 amide bonds. The lowest BCUT2D eigenvalue weighted by molar-refractivity contribution is 0.871. The normalized spacial score (nSPS) is 11.1. The van der Waals surface area contributed by atoms with E-state index in [1.54, 1.807) is 9.13 Å². The minimum Gasteiger partial charge on any atom is -0.247 e. The van der Waals surface area contributed by atoms with Crippen molar-refractivity contribution in [1.82, 2.24) is 29.5 Å². The Hall–Kier alpha value is -3.68. The second kappa shape index (κ2) is 7.75. The standard InChI is InChI=1S/C21H22N6O2/c1-3-18-22-24-20(28)26(18)16-9-5-14(6-10-16)13-15-7-11-17(12-8-15)27-19(4-2)23-25-21(27)29/h5-12H,3-4,13H2,1-2H3,(H,24,28)(H,25,29). The maximum atomic E-state index is 12.0. The van der Waals surface area contributed by atoms with E-state index in [1.165, 1.54) is 0 Å². The van der Waals surface area contributed by atoms with Gasteiger partial charge in [-0.1, -0.05) is 38.1 Å². The second-order valence-electron chi connectivity index (χ2n) is 6.78. The Labute approximate surface area is 166 Å². The highest BCUT2D eigenvalue weighted by molar-refractivity contribution is 5.40. The monoisotopic (exact) mass is 390 g/mol. The smallest absolute Gasteiger partial charge is 0.247 e. The summed E-state index contributed by atoms with van der Waals surface area (Å²) < 4.78 is 3.18. The van der Waals surface area contributed by atoms with Crippen LogP contribution in [0.1, 0.15) is 36.6 Å². The highest BCUT2D eigenvalue weighted by atomic mass is 16.2. The van der Waals surface area contributed by atoms with E-state index in [2.05, 4.69) is 20.4 Å². The number of aryl methyl sites for hydroxylation is 2. The minimum absolute atomic E-state index is 0.230. The first-order chi connectivity index (χ1) is 14.1. The van der Waals surface area contributed by atoms with Crippen LogP contribution in [0.3, 0.4) is 0 Å². The summed E-state index contributed by atoms with van der Waals surface area (Å²) in [6.45, 7) is 3.93. The molecule has 0 atom stereocenters. The number of aromatic nitrogens is 6. The zero-order valence-electron chi connectivity index (χ0n) is 16.3. The lowest BCUT2D eigenvalue weighted by Crippen LogP contribution is -2.16. The lowest BCUT2D eigenvalue weighted by atomic mass is 10.0. The molecule has 2 heterocycles. The first-order valence-electron chi connectivity index (χ1n) is 9.62. The van der Waals surface area contributed by atoms with E-state index in [0.717, 1.165) is 28.9 Å². The van der Waals surface area contributed by atoms with E-state index >= 15 is 0 Å². The topological polar surface area (TPSA) is 101 Å². The van der Waals surface area contributed by atoms with Gasteiger partial charge in [0.15, 0.2) is 0 Å². The van der Waals surface area contributed by atoms with Crippen molar-refractivity contribution < 1.29 is 0 Å². The molecule has 0 spiro atoms. The molecule has 148 valence electrons. The summed E-state index contributed by atoms with van der Waals surface area (Å²) in [5.41, 5.74) is 3.39. The molecule has 0 bridgehead atoms. The Balaban J connectivity index is 1.54. The fourth-order valence-corrected chi connectivity index (χ4v) is 3.43. The molecule has 2 aromatic heterocycles. The first-order valence-corrected chi connectivity index (χ1v) is 9.62. The predicted molar refractivity (Wildman–Crippen MR) is 110 cm³/mol. The third-order valence-electron chi connectivity index (χ3n) is 4.91. The molecular formula is C21H22N6O2. The van der Waals surface area contributed by atoms with Gasteiger partial charge in [-0.25, -0.2) is 28.9 Å². The van der Waals surface area contributed by atoms with Gasteiger partial charge in [-0.05, 0) is 41.8 Å². The van der Waals surface area contributed by atoms with Gasteiger partial charge in [0.05, 0.1) is 11.4 Å². The van der Waals surface area contributed by atoms with E-state index in [1.807, 2.05) is 62.4 Å². The number of rotatable bonds is 6. The SMILES string of the molecule is CCc1n[nH]c(=O)n1-c1ccc(Cc2ccc(-n3c(CC)n[nH]c3=O)cc2)cc1. The summed E-state index contributed by atoms with van der Waals surface area (Å²) in [5.74, 6) is 1.42. The minimum atomic E-state index is -0.230. The highest BCUT2D eigenvalue weighted by Crippen LogP contribution is 2.16. The number of hydrogen-bond donors (Lipinski definition) is 2. The summed E-state index contributed by atoms with van der Waals surface area (Å²) in [6, 6.07) is 15.8. The molecule has 0 aliphatic carbocycles. The summed E-state index contributed by atoms with van der Waals surface area (Å²) in [5, 5.41) is 13.1. The number of nitrogens with zero attached hydrogens (tertiary/aromatic N) is 4. The second-order valence-corrected chi connectivity index (χ2v) is 6.78. The van der Waals surface area contributed by atoms with Crippen LogP contribution >= 0.6 is 0 Å². The van der Waals surface area contributed by atoms with E-state index in [0.29, 0.717) is 24.5 Å². The number of benzene rings is 2. The Morgan fingerprint density at radius 2 is 1.07 bits per heavy atom. The van der Waals surface area contributed by atoms with Gasteiger partial charge in [0.2, 0.25) is 0 Å². The van der Waals surface area contributed by atoms with Crippen LogP contribution in [0.2, 0.25) is 0 Å². The average molecular weight is 390 g/mol. The quantitative estimate of drug-likeness (QED) is 0.527. The average Bonchev–Trinajstić information content (AvgIpc) is 3.31. The van der Waals surface area contributed by atoms with E-state index in [4.69, 9.17) is 0 Å². The maximum absolute atomic E-state index is 12.0. The van der Waals surface area contributed by atoms with Crippen LogP contribution in [0.15, 0.2) is 58.1 Å². The molecule has 0 aliphatic heterocycles. The van der Waals surface area contributed by atoms with Crippen molar-refractivity contribution in [2.75, 3.05) is 0 Å². The summed E-state index contributed by atoms with van der Waals surface area (Å²) in [6.07, 6.45) is 2.10. The molecule has 4 rings (SSSR count). The Bertz CT molecular complexity index is 1130. The van der Waals surface area contributed by atoms with Crippen LogP contribution in [0.5, 0.6) is 0 Å². The Morgan fingerprint density at radius 1 is 0.690 bits per heavy atom. The van der Waals surface area contributed by atoms with Gasteiger partial charge in [-0.15, -0.1) is 0 Å². The molecule has 0 fully saturated rings. The zero-order valence-corrected chi connectivity index (χ0v) is 16.3. The largest absolute Gasteiger partial charge is 0.347 e. The number of aromatic amines is 2. The maximum Gasteiger partial charge on any atom is 0.347 e. The molecule has 0 saturated carbocycles. The molecule has 0 saturated heterocycles. The van der Waals surface area contributed by atoms with Gasteiger partial charge in [-0.2, -0.15) is 10.2 Å². The van der Waals surface area contributed by atoms with Gasteiger partial charge in [0.25, 0.3) is 0 Å². The van der Waals surface area contributed by atoms with Gasteiger partial charge in [0, 0.05) is 12.8 Å². The Kier molecular flexibility index (Phi) is 4.99. The Morgan fingerprint density at radius 3 is 1.41 bits per heavy atom. The molecule has 8 heteroatoms. The molecule has 2 aromatic carbocycles. The van der Waals surface area contributed by atoms with Crippen molar-refractivity contribution in [2.45, 2.75) is 33.1 Å². The van der Waals surface area contributed by atoms with Crippen LogP contribution in [0, 0.1) is 0 Å². The molecule has 0 radical (unpaired) electrons. The van der Waals surface area contributed by atoms with Crippen LogP contribution in [-0.2, 0) is 19.3 Å². The fraction of sp³-hybridized carbons (Fsp3) is 0.238. The van der Waals surface area contributed by atoms with Crippen molar-refractivity contribution in [3.8, 4) is 11.4 Å². The van der Waals surface area contributed by atoms with Crippen LogP contribution < -0.4 is 11.4 Å².